The topological polar surface area (TPSA) is 222 Å². The molecule has 2 aromatic rings. The molecule has 0 aromatic carbocycles. The van der Waals surface area contributed by atoms with Gasteiger partial charge in [0.2, 0.25) is 0 Å². The Bertz CT molecular complexity index is 1090. The molecule has 0 spiro atoms. The summed E-state index contributed by atoms with van der Waals surface area (Å²) in [4.78, 5) is 27.7. The van der Waals surface area contributed by atoms with Crippen molar-refractivity contribution in [2.45, 2.75) is 68.5 Å². The summed E-state index contributed by atoms with van der Waals surface area (Å²) in [6, 6.07) is 0.191. The van der Waals surface area contributed by atoms with Crippen LogP contribution in [0.5, 0.6) is 6.01 Å². The molecule has 1 aliphatic carbocycles. The van der Waals surface area contributed by atoms with E-state index in [2.05, 4.69) is 20.4 Å². The fourth-order valence-corrected chi connectivity index (χ4v) is 4.65. The summed E-state index contributed by atoms with van der Waals surface area (Å²) in [6.45, 7) is -0.740. The van der Waals surface area contributed by atoms with Crippen molar-refractivity contribution in [3.05, 3.63) is 6.20 Å². The van der Waals surface area contributed by atoms with Gasteiger partial charge < -0.3 is 49.7 Å². The van der Waals surface area contributed by atoms with Crippen molar-refractivity contribution >= 4 is 24.4 Å². The molecule has 36 heavy (non-hydrogen) atoms. The van der Waals surface area contributed by atoms with E-state index in [1.54, 1.807) is 0 Å². The van der Waals surface area contributed by atoms with E-state index in [1.807, 2.05) is 0 Å². The second kappa shape index (κ2) is 10.8. The molecule has 15 nitrogen and oxygen atoms in total. The number of nitrogens with one attached hydrogen (secondary N) is 1. The summed E-state index contributed by atoms with van der Waals surface area (Å²) >= 11 is 0. The van der Waals surface area contributed by atoms with Crippen LogP contribution >= 0.6 is 7.60 Å². The maximum Gasteiger partial charge on any atom is 0.359 e. The molecule has 1 saturated heterocycles. The van der Waals surface area contributed by atoms with Crippen LogP contribution in [-0.4, -0.2) is 106 Å². The van der Waals surface area contributed by atoms with Gasteiger partial charge >= 0.3 is 13.6 Å². The van der Waals surface area contributed by atoms with Crippen LogP contribution < -0.4 is 10.1 Å². The normalized spacial score (nSPS) is 27.0. The Kier molecular flexibility index (Phi) is 8.14. The highest BCUT2D eigenvalue weighted by Crippen LogP contribution is 2.51. The van der Waals surface area contributed by atoms with Crippen LogP contribution in [-0.2, 0) is 14.0 Å². The maximum atomic E-state index is 11.7. The molecule has 3 heterocycles. The Morgan fingerprint density at radius 2 is 1.94 bits per heavy atom. The average molecular weight is 533 g/mol. The number of rotatable bonds is 11. The lowest BCUT2D eigenvalue weighted by molar-refractivity contribution is -0.104. The lowest BCUT2D eigenvalue weighted by Gasteiger charge is -2.29. The maximum absolute atomic E-state index is 11.7. The summed E-state index contributed by atoms with van der Waals surface area (Å²) in [7, 11) is -4.85. The van der Waals surface area contributed by atoms with Gasteiger partial charge in [0, 0.05) is 6.04 Å². The molecule has 2 fully saturated rings. The number of fused-ring (bicyclic) bond motifs is 1. The monoisotopic (exact) mass is 533 g/mol. The van der Waals surface area contributed by atoms with Crippen molar-refractivity contribution < 1.29 is 49.0 Å². The van der Waals surface area contributed by atoms with Gasteiger partial charge in [-0.05, 0) is 19.8 Å². The molecule has 2 aromatic heterocycles. The first-order valence-electron chi connectivity index (χ1n) is 11.7. The summed E-state index contributed by atoms with van der Waals surface area (Å²) in [5.41, 5.74) is 0.242. The predicted octanol–water partition coefficient (Wildman–Crippen LogP) is -0.926. The zero-order valence-electron chi connectivity index (χ0n) is 19.7. The SMILES string of the molecule is CC(CO)(OC[C@H]1O[C@@H](n2ncc3c(NC4CCCC4)nc(OCCO)nc32)[C@H](O)[C@@H]1O)P(=O)(O)O. The predicted molar refractivity (Wildman–Crippen MR) is 123 cm³/mol. The van der Waals surface area contributed by atoms with Gasteiger partial charge in [-0.25, -0.2) is 4.68 Å². The van der Waals surface area contributed by atoms with Crippen molar-refractivity contribution in [2.75, 3.05) is 31.7 Å². The largest absolute Gasteiger partial charge is 0.461 e. The molecule has 1 aliphatic heterocycles. The van der Waals surface area contributed by atoms with Gasteiger partial charge in [-0.3, -0.25) is 4.57 Å². The van der Waals surface area contributed by atoms with Gasteiger partial charge in [-0.15, -0.1) is 0 Å². The van der Waals surface area contributed by atoms with Crippen LogP contribution in [0.2, 0.25) is 0 Å². The van der Waals surface area contributed by atoms with Crippen LogP contribution in [0.1, 0.15) is 38.8 Å². The highest BCUT2D eigenvalue weighted by molar-refractivity contribution is 7.53. The van der Waals surface area contributed by atoms with Crippen LogP contribution in [0.25, 0.3) is 11.0 Å². The van der Waals surface area contributed by atoms with Crippen LogP contribution in [0, 0.1) is 0 Å². The number of nitrogens with zero attached hydrogens (tertiary/aromatic N) is 4. The molecule has 0 amide bonds. The highest BCUT2D eigenvalue weighted by atomic mass is 31.2. The smallest absolute Gasteiger partial charge is 0.359 e. The molecule has 7 N–H and O–H groups in total. The van der Waals surface area contributed by atoms with E-state index in [1.165, 1.54) is 10.9 Å². The van der Waals surface area contributed by atoms with Crippen LogP contribution in [0.4, 0.5) is 5.82 Å². The number of ether oxygens (including phenoxy) is 3. The van der Waals surface area contributed by atoms with Crippen molar-refractivity contribution in [1.82, 2.24) is 19.7 Å². The second-order valence-corrected chi connectivity index (χ2v) is 11.1. The zero-order chi connectivity index (χ0) is 26.1. The van der Waals surface area contributed by atoms with E-state index in [9.17, 15) is 29.7 Å². The lowest BCUT2D eigenvalue weighted by Crippen LogP contribution is -2.39. The molecular formula is C20H32N5O10P. The summed E-state index contributed by atoms with van der Waals surface area (Å²) < 4.78 is 29.4. The van der Waals surface area contributed by atoms with Gasteiger partial charge in [0.25, 0.3) is 0 Å². The third kappa shape index (κ3) is 5.35. The average Bonchev–Trinajstić information content (AvgIpc) is 3.56. The summed E-state index contributed by atoms with van der Waals surface area (Å²) in [5.74, 6) is 0.472. The van der Waals surface area contributed by atoms with E-state index in [4.69, 9.17) is 19.3 Å². The molecule has 4 rings (SSSR count). The molecule has 1 saturated carbocycles. The molecule has 2 aliphatic rings. The lowest BCUT2D eigenvalue weighted by atomic mass is 10.1. The van der Waals surface area contributed by atoms with Crippen molar-refractivity contribution in [2.24, 2.45) is 0 Å². The number of anilines is 1. The fourth-order valence-electron chi connectivity index (χ4n) is 4.22. The first-order valence-corrected chi connectivity index (χ1v) is 13.3. The van der Waals surface area contributed by atoms with E-state index < -0.39 is 50.7 Å². The minimum atomic E-state index is -4.85. The minimum Gasteiger partial charge on any atom is -0.461 e. The Morgan fingerprint density at radius 1 is 1.22 bits per heavy atom. The van der Waals surface area contributed by atoms with E-state index >= 15 is 0 Å². The molecular weight excluding hydrogens is 501 g/mol. The van der Waals surface area contributed by atoms with Gasteiger partial charge in [0.05, 0.1) is 31.4 Å². The first-order chi connectivity index (χ1) is 17.1. The highest BCUT2D eigenvalue weighted by Gasteiger charge is 2.48. The van der Waals surface area contributed by atoms with Crippen LogP contribution in [0.15, 0.2) is 6.20 Å². The van der Waals surface area contributed by atoms with Gasteiger partial charge in [-0.1, -0.05) is 12.8 Å². The molecule has 16 heteroatoms. The van der Waals surface area contributed by atoms with Gasteiger partial charge in [0.15, 0.2) is 17.2 Å². The van der Waals surface area contributed by atoms with Gasteiger partial charge in [-0.2, -0.15) is 15.1 Å². The minimum absolute atomic E-state index is 0.0212. The summed E-state index contributed by atoms with van der Waals surface area (Å²) in [5, 5.41) is 45.8. The Balaban J connectivity index is 1.60. The number of aromatic nitrogens is 4. The van der Waals surface area contributed by atoms with E-state index in [-0.39, 0.29) is 30.9 Å². The number of hydrogen-bond acceptors (Lipinski definition) is 12. The number of aliphatic hydroxyl groups is 4. The molecule has 1 unspecified atom stereocenters. The Hall–Kier alpha value is -1.94. The van der Waals surface area contributed by atoms with E-state index in [0.717, 1.165) is 32.6 Å². The quantitative estimate of drug-likeness (QED) is 0.174. The second-order valence-electron chi connectivity index (χ2n) is 9.11. The number of hydrogen-bond donors (Lipinski definition) is 7. The molecule has 202 valence electrons. The van der Waals surface area contributed by atoms with Crippen molar-refractivity contribution in [3.63, 3.8) is 0 Å². The standard InChI is InChI=1S/C20H32N5O10P/c1-20(10-27,36(30,31)32)34-9-13-14(28)15(29)18(35-13)25-17-12(8-21-25)16(22-11-4-2-3-5-11)23-19(24-17)33-7-6-26/h8,11,13-15,18,26-29H,2-7,9-10H2,1H3,(H,22,23,24)(H2,30,31,32)/t13-,14-,15-,18-,20?/m1/s1. The number of aliphatic hydroxyl groups excluding tert-OH is 4. The molecule has 0 radical (unpaired) electrons. The van der Waals surface area contributed by atoms with Crippen LogP contribution in [0.3, 0.4) is 0 Å². The first kappa shape index (κ1) is 27.1. The van der Waals surface area contributed by atoms with E-state index in [0.29, 0.717) is 11.2 Å². The third-order valence-corrected chi connectivity index (χ3v) is 8.00. The van der Waals surface area contributed by atoms with Gasteiger partial charge in [0.1, 0.15) is 30.7 Å². The zero-order valence-corrected chi connectivity index (χ0v) is 20.6. The Morgan fingerprint density at radius 3 is 2.58 bits per heavy atom. The molecule has 5 atom stereocenters. The van der Waals surface area contributed by atoms with Crippen molar-refractivity contribution in [1.29, 1.82) is 0 Å². The van der Waals surface area contributed by atoms with Crippen molar-refractivity contribution in [3.8, 4) is 6.01 Å². The Labute approximate surface area is 206 Å². The summed E-state index contributed by atoms with van der Waals surface area (Å²) in [6.07, 6.45) is 0.256. The third-order valence-electron chi connectivity index (χ3n) is 6.50. The molecule has 0 bridgehead atoms. The fraction of sp³-hybridized carbons (Fsp3) is 0.750.